The topological polar surface area (TPSA) is 97.7 Å². The molecule has 1 N–H and O–H groups in total. The summed E-state index contributed by atoms with van der Waals surface area (Å²) >= 11 is 0. The van der Waals surface area contributed by atoms with Gasteiger partial charge in [0, 0.05) is 12.2 Å². The third-order valence-electron chi connectivity index (χ3n) is 0.527. The molecule has 0 unspecified atom stereocenters. The van der Waals surface area contributed by atoms with Crippen LogP contribution in [0.5, 0.6) is 0 Å². The molecule has 0 fully saturated rings. The molecule has 62 valence electrons. The molecule has 0 aromatic rings. The van der Waals surface area contributed by atoms with E-state index in [0.717, 1.165) is 0 Å². The Hall–Kier alpha value is -1.37. The molecule has 0 amide bonds. The summed E-state index contributed by atoms with van der Waals surface area (Å²) in [6.07, 6.45) is 0.967. The Labute approximate surface area is 63.2 Å². The van der Waals surface area contributed by atoms with Gasteiger partial charge in [-0.05, 0) is 0 Å². The third kappa shape index (κ3) is 6.52. The van der Waals surface area contributed by atoms with E-state index in [9.17, 15) is 18.0 Å². The van der Waals surface area contributed by atoms with Gasteiger partial charge in [-0.25, -0.2) is 9.59 Å². The summed E-state index contributed by atoms with van der Waals surface area (Å²) < 4.78 is 22.9. The molecule has 0 spiro atoms. The lowest BCUT2D eigenvalue weighted by molar-refractivity contribution is -0.132. The number of aliphatic carboxylic acids is 1. The molecule has 0 aliphatic heterocycles. The average Bonchev–Trinajstić information content (AvgIpc) is 1.82. The SMILES string of the molecule is O=C(O)/C=C\C(=O)O[SH](=O)=O. The molecule has 0 aliphatic carbocycles. The fraction of sp³-hybridized carbons (Fsp3) is 0. The summed E-state index contributed by atoms with van der Waals surface area (Å²) in [7, 11) is -3.26. The molecule has 0 rings (SSSR count). The number of carboxylic acid groups (broad SMARTS) is 1. The molecular weight excluding hydrogens is 176 g/mol. The van der Waals surface area contributed by atoms with Crippen molar-refractivity contribution in [1.29, 1.82) is 0 Å². The maximum absolute atomic E-state index is 10.2. The van der Waals surface area contributed by atoms with Crippen molar-refractivity contribution in [3.8, 4) is 0 Å². The van der Waals surface area contributed by atoms with Crippen molar-refractivity contribution in [1.82, 2.24) is 0 Å². The first-order valence-electron chi connectivity index (χ1n) is 2.29. The van der Waals surface area contributed by atoms with Crippen LogP contribution >= 0.6 is 0 Å². The molecule has 0 aromatic heterocycles. The highest BCUT2D eigenvalue weighted by atomic mass is 32.2. The van der Waals surface area contributed by atoms with Crippen LogP contribution in [-0.2, 0) is 24.8 Å². The van der Waals surface area contributed by atoms with Gasteiger partial charge in [-0.2, -0.15) is 8.42 Å². The summed E-state index contributed by atoms with van der Waals surface area (Å²) in [5.74, 6) is -2.59. The van der Waals surface area contributed by atoms with Crippen LogP contribution in [0.15, 0.2) is 12.2 Å². The second kappa shape index (κ2) is 4.45. The van der Waals surface area contributed by atoms with Crippen LogP contribution in [0.2, 0.25) is 0 Å². The zero-order valence-electron chi connectivity index (χ0n) is 5.09. The second-order valence-corrected chi connectivity index (χ2v) is 1.94. The standard InChI is InChI=1S/C4H4O6S/c5-3(6)1-2-4(7)10-11(8)9/h1-2,11H,(H,5,6)/b2-1-. The predicted molar refractivity (Wildman–Crippen MR) is 33.2 cm³/mol. The number of hydrogen-bond donors (Lipinski definition) is 2. The minimum absolute atomic E-state index is 0.473. The summed E-state index contributed by atoms with van der Waals surface area (Å²) in [6.45, 7) is 0. The number of carbonyl (C=O) groups excluding carboxylic acids is 1. The third-order valence-corrected chi connectivity index (χ3v) is 0.856. The summed E-state index contributed by atoms with van der Waals surface area (Å²) in [5.41, 5.74) is 0. The first-order valence-corrected chi connectivity index (χ1v) is 3.39. The van der Waals surface area contributed by atoms with Gasteiger partial charge in [0.2, 0.25) is 0 Å². The Morgan fingerprint density at radius 2 is 1.82 bits per heavy atom. The molecular formula is C4H4O6S. The van der Waals surface area contributed by atoms with Crippen molar-refractivity contribution in [3.63, 3.8) is 0 Å². The van der Waals surface area contributed by atoms with Gasteiger partial charge in [0.25, 0.3) is 0 Å². The lowest BCUT2D eigenvalue weighted by Crippen LogP contribution is -1.99. The zero-order chi connectivity index (χ0) is 8.85. The van der Waals surface area contributed by atoms with Gasteiger partial charge in [0.05, 0.1) is 0 Å². The van der Waals surface area contributed by atoms with E-state index in [1.54, 1.807) is 0 Å². The molecule has 0 aliphatic rings. The van der Waals surface area contributed by atoms with Gasteiger partial charge < -0.3 is 9.29 Å². The fourth-order valence-corrected chi connectivity index (χ4v) is 0.451. The van der Waals surface area contributed by atoms with Crippen molar-refractivity contribution in [2.24, 2.45) is 0 Å². The van der Waals surface area contributed by atoms with E-state index in [4.69, 9.17) is 5.11 Å². The van der Waals surface area contributed by atoms with Crippen molar-refractivity contribution < 1.29 is 27.3 Å². The van der Waals surface area contributed by atoms with E-state index >= 15 is 0 Å². The Kier molecular flexibility index (Phi) is 3.89. The van der Waals surface area contributed by atoms with Gasteiger partial charge in [-0.3, -0.25) is 0 Å². The highest BCUT2D eigenvalue weighted by Gasteiger charge is 1.97. The quantitative estimate of drug-likeness (QED) is 0.413. The molecule has 0 radical (unpaired) electrons. The van der Waals surface area contributed by atoms with Crippen molar-refractivity contribution in [3.05, 3.63) is 12.2 Å². The van der Waals surface area contributed by atoms with Crippen LogP contribution < -0.4 is 0 Å². The minimum Gasteiger partial charge on any atom is -0.478 e. The van der Waals surface area contributed by atoms with Crippen molar-refractivity contribution >= 4 is 22.9 Å². The monoisotopic (exact) mass is 180 g/mol. The van der Waals surface area contributed by atoms with E-state index in [-0.39, 0.29) is 0 Å². The van der Waals surface area contributed by atoms with Crippen LogP contribution in [0.25, 0.3) is 0 Å². The number of rotatable bonds is 3. The first kappa shape index (κ1) is 9.63. The first-order chi connectivity index (χ1) is 5.02. The van der Waals surface area contributed by atoms with E-state index in [0.29, 0.717) is 12.2 Å². The largest absolute Gasteiger partial charge is 0.478 e. The highest BCUT2D eigenvalue weighted by Crippen LogP contribution is 1.80. The van der Waals surface area contributed by atoms with Crippen molar-refractivity contribution in [2.75, 3.05) is 0 Å². The Balaban J connectivity index is 3.98. The molecule has 0 heterocycles. The molecule has 0 aromatic carbocycles. The second-order valence-electron chi connectivity index (χ2n) is 1.31. The fourth-order valence-electron chi connectivity index (χ4n) is 0.243. The molecule has 7 heteroatoms. The van der Waals surface area contributed by atoms with Gasteiger partial charge in [0.1, 0.15) is 0 Å². The van der Waals surface area contributed by atoms with Gasteiger partial charge in [0.15, 0.2) is 0 Å². The molecule has 0 atom stereocenters. The summed E-state index contributed by atoms with van der Waals surface area (Å²) in [6, 6.07) is 0. The van der Waals surface area contributed by atoms with E-state index in [1.165, 1.54) is 0 Å². The maximum Gasteiger partial charge on any atom is 0.346 e. The normalized spacial score (nSPS) is 10.3. The van der Waals surface area contributed by atoms with Crippen LogP contribution in [-0.4, -0.2) is 25.5 Å². The smallest absolute Gasteiger partial charge is 0.346 e. The highest BCUT2D eigenvalue weighted by molar-refractivity contribution is 7.67. The number of carboxylic acids is 1. The van der Waals surface area contributed by atoms with Crippen molar-refractivity contribution in [2.45, 2.75) is 0 Å². The van der Waals surface area contributed by atoms with Crippen LogP contribution in [0.1, 0.15) is 0 Å². The predicted octanol–water partition coefficient (Wildman–Crippen LogP) is -1.30. The lowest BCUT2D eigenvalue weighted by Gasteiger charge is -1.85. The van der Waals surface area contributed by atoms with Gasteiger partial charge >= 0.3 is 22.9 Å². The maximum atomic E-state index is 10.2. The van der Waals surface area contributed by atoms with E-state index < -0.39 is 22.9 Å². The summed E-state index contributed by atoms with van der Waals surface area (Å²) in [4.78, 5) is 19.9. The average molecular weight is 180 g/mol. The van der Waals surface area contributed by atoms with E-state index in [2.05, 4.69) is 4.18 Å². The number of thiol groups is 1. The minimum atomic E-state index is -3.26. The Morgan fingerprint density at radius 1 is 1.27 bits per heavy atom. The Bertz CT molecular complexity index is 254. The van der Waals surface area contributed by atoms with Gasteiger partial charge in [-0.15, -0.1) is 0 Å². The molecule has 0 saturated heterocycles. The molecule has 0 saturated carbocycles. The number of hydrogen-bond acceptors (Lipinski definition) is 5. The Morgan fingerprint density at radius 3 is 2.18 bits per heavy atom. The number of carbonyl (C=O) groups is 2. The lowest BCUT2D eigenvalue weighted by atomic mass is 10.5. The molecule has 6 nitrogen and oxygen atoms in total. The van der Waals surface area contributed by atoms with Crippen LogP contribution in [0.4, 0.5) is 0 Å². The van der Waals surface area contributed by atoms with E-state index in [1.807, 2.05) is 0 Å². The zero-order valence-corrected chi connectivity index (χ0v) is 5.98. The van der Waals surface area contributed by atoms with Crippen LogP contribution in [0, 0.1) is 0 Å². The molecule has 0 bridgehead atoms. The van der Waals surface area contributed by atoms with Crippen LogP contribution in [0.3, 0.4) is 0 Å². The summed E-state index contributed by atoms with van der Waals surface area (Å²) in [5, 5.41) is 7.95. The van der Waals surface area contributed by atoms with Gasteiger partial charge in [-0.1, -0.05) is 0 Å². The molecule has 11 heavy (non-hydrogen) atoms.